The number of ether oxygens (including phenoxy) is 1. The SMILES string of the molecule is Cc1c(Cl)cccc1C1(N=[N+]=[N-])CC(NC(=O)OCc2ccccc2)C1. The van der Waals surface area contributed by atoms with Crippen molar-refractivity contribution in [2.75, 3.05) is 0 Å². The van der Waals surface area contributed by atoms with Gasteiger partial charge >= 0.3 is 6.09 Å². The summed E-state index contributed by atoms with van der Waals surface area (Å²) in [7, 11) is 0. The van der Waals surface area contributed by atoms with Gasteiger partial charge in [-0.1, -0.05) is 59.2 Å². The van der Waals surface area contributed by atoms with Crippen LogP contribution in [0, 0.1) is 6.92 Å². The number of alkyl carbamates (subject to hydrolysis) is 1. The Kier molecular flexibility index (Phi) is 5.35. The van der Waals surface area contributed by atoms with Crippen molar-refractivity contribution in [3.8, 4) is 0 Å². The predicted octanol–water partition coefficient (Wildman–Crippen LogP) is 5.24. The van der Waals surface area contributed by atoms with Gasteiger partial charge in [0.15, 0.2) is 0 Å². The first kappa shape index (κ1) is 18.1. The van der Waals surface area contributed by atoms with Gasteiger partial charge in [-0.05, 0) is 48.1 Å². The maximum atomic E-state index is 12.0. The van der Waals surface area contributed by atoms with Crippen LogP contribution in [0.3, 0.4) is 0 Å². The second-order valence-corrected chi connectivity index (χ2v) is 6.85. The molecule has 2 aromatic carbocycles. The standard InChI is InChI=1S/C19H19ClN4O2/c1-13-16(8-5-9-17(13)20)19(23-24-21)10-15(11-19)22-18(25)26-12-14-6-3-2-4-7-14/h2-9,15H,10-12H2,1H3,(H,22,25). The second-order valence-electron chi connectivity index (χ2n) is 6.44. The molecule has 1 amide bonds. The first-order chi connectivity index (χ1) is 12.5. The summed E-state index contributed by atoms with van der Waals surface area (Å²) in [5.41, 5.74) is 11.0. The summed E-state index contributed by atoms with van der Waals surface area (Å²) < 4.78 is 5.24. The molecule has 0 atom stereocenters. The Bertz CT molecular complexity index is 844. The van der Waals surface area contributed by atoms with Crippen LogP contribution >= 0.6 is 11.6 Å². The molecule has 7 heteroatoms. The van der Waals surface area contributed by atoms with Gasteiger partial charge < -0.3 is 10.1 Å². The van der Waals surface area contributed by atoms with Gasteiger partial charge in [-0.3, -0.25) is 0 Å². The van der Waals surface area contributed by atoms with E-state index in [1.54, 1.807) is 6.07 Å². The van der Waals surface area contributed by atoms with Gasteiger partial charge in [0.2, 0.25) is 0 Å². The number of carbonyl (C=O) groups is 1. The van der Waals surface area contributed by atoms with Crippen LogP contribution in [0.4, 0.5) is 4.79 Å². The molecule has 134 valence electrons. The van der Waals surface area contributed by atoms with Crippen molar-refractivity contribution >= 4 is 17.7 Å². The van der Waals surface area contributed by atoms with E-state index in [1.807, 2.05) is 49.4 Å². The number of benzene rings is 2. The lowest BCUT2D eigenvalue weighted by Crippen LogP contribution is -2.52. The van der Waals surface area contributed by atoms with E-state index in [-0.39, 0.29) is 12.6 Å². The molecule has 0 heterocycles. The molecule has 1 aliphatic carbocycles. The maximum Gasteiger partial charge on any atom is 0.407 e. The van der Waals surface area contributed by atoms with E-state index in [0.29, 0.717) is 17.9 Å². The largest absolute Gasteiger partial charge is 0.445 e. The molecular weight excluding hydrogens is 352 g/mol. The van der Waals surface area contributed by atoms with Crippen LogP contribution < -0.4 is 5.32 Å². The second kappa shape index (κ2) is 7.68. The monoisotopic (exact) mass is 370 g/mol. The van der Waals surface area contributed by atoms with Gasteiger partial charge in [0.1, 0.15) is 6.61 Å². The lowest BCUT2D eigenvalue weighted by molar-refractivity contribution is 0.114. The van der Waals surface area contributed by atoms with Crippen LogP contribution in [0.1, 0.15) is 29.5 Å². The molecule has 0 radical (unpaired) electrons. The highest BCUT2D eigenvalue weighted by molar-refractivity contribution is 6.31. The van der Waals surface area contributed by atoms with Crippen LogP contribution in [0.25, 0.3) is 10.4 Å². The number of hydrogen-bond donors (Lipinski definition) is 1. The predicted molar refractivity (Wildman–Crippen MR) is 99.8 cm³/mol. The highest BCUT2D eigenvalue weighted by Crippen LogP contribution is 2.47. The average molecular weight is 371 g/mol. The van der Waals surface area contributed by atoms with Gasteiger partial charge in [-0.25, -0.2) is 4.79 Å². The zero-order valence-electron chi connectivity index (χ0n) is 14.4. The highest BCUT2D eigenvalue weighted by Gasteiger charge is 2.46. The summed E-state index contributed by atoms with van der Waals surface area (Å²) in [6.45, 7) is 2.12. The van der Waals surface area contributed by atoms with Crippen molar-refractivity contribution in [2.24, 2.45) is 5.11 Å². The smallest absolute Gasteiger partial charge is 0.407 e. The van der Waals surface area contributed by atoms with E-state index in [4.69, 9.17) is 21.9 Å². The molecule has 1 fully saturated rings. The third kappa shape index (κ3) is 3.77. The van der Waals surface area contributed by atoms with E-state index in [0.717, 1.165) is 16.7 Å². The minimum absolute atomic E-state index is 0.109. The Morgan fingerprint density at radius 3 is 2.73 bits per heavy atom. The zero-order chi connectivity index (χ0) is 18.6. The van der Waals surface area contributed by atoms with Gasteiger partial charge in [0.05, 0.1) is 5.54 Å². The number of carbonyl (C=O) groups excluding carboxylic acids is 1. The zero-order valence-corrected chi connectivity index (χ0v) is 15.1. The van der Waals surface area contributed by atoms with Gasteiger partial charge in [0.25, 0.3) is 0 Å². The van der Waals surface area contributed by atoms with E-state index >= 15 is 0 Å². The highest BCUT2D eigenvalue weighted by atomic mass is 35.5. The molecule has 0 bridgehead atoms. The van der Waals surface area contributed by atoms with E-state index in [1.165, 1.54) is 0 Å². The van der Waals surface area contributed by atoms with E-state index in [9.17, 15) is 4.79 Å². The molecule has 1 aliphatic rings. The van der Waals surface area contributed by atoms with Crippen molar-refractivity contribution in [3.63, 3.8) is 0 Å². The fraction of sp³-hybridized carbons (Fsp3) is 0.316. The summed E-state index contributed by atoms with van der Waals surface area (Å²) in [6.07, 6.45) is 0.549. The third-order valence-electron chi connectivity index (χ3n) is 4.71. The van der Waals surface area contributed by atoms with E-state index < -0.39 is 11.6 Å². The lowest BCUT2D eigenvalue weighted by atomic mass is 9.68. The first-order valence-electron chi connectivity index (χ1n) is 8.33. The fourth-order valence-electron chi connectivity index (χ4n) is 3.34. The van der Waals surface area contributed by atoms with Crippen molar-refractivity contribution in [1.82, 2.24) is 5.32 Å². The molecule has 1 N–H and O–H groups in total. The molecule has 0 saturated heterocycles. The normalized spacial score (nSPS) is 21.2. The molecule has 0 spiro atoms. The Morgan fingerprint density at radius 2 is 2.04 bits per heavy atom. The number of nitrogens with zero attached hydrogens (tertiary/aromatic N) is 3. The average Bonchev–Trinajstić information content (AvgIpc) is 2.61. The minimum Gasteiger partial charge on any atom is -0.445 e. The lowest BCUT2D eigenvalue weighted by Gasteiger charge is -2.45. The van der Waals surface area contributed by atoms with Gasteiger partial charge in [-0.2, -0.15) is 0 Å². The molecule has 26 heavy (non-hydrogen) atoms. The number of hydrogen-bond acceptors (Lipinski definition) is 3. The Hall–Kier alpha value is -2.69. The Morgan fingerprint density at radius 1 is 1.31 bits per heavy atom. The van der Waals surface area contributed by atoms with Crippen molar-refractivity contribution in [3.05, 3.63) is 80.7 Å². The van der Waals surface area contributed by atoms with Crippen LogP contribution in [-0.2, 0) is 16.9 Å². The molecule has 1 saturated carbocycles. The van der Waals surface area contributed by atoms with Crippen molar-refractivity contribution < 1.29 is 9.53 Å². The molecular formula is C19H19ClN4O2. The molecule has 0 unspecified atom stereocenters. The Balaban J connectivity index is 1.61. The molecule has 3 rings (SSSR count). The van der Waals surface area contributed by atoms with Crippen LogP contribution in [0.2, 0.25) is 5.02 Å². The summed E-state index contributed by atoms with van der Waals surface area (Å²) in [6, 6.07) is 14.9. The maximum absolute atomic E-state index is 12.0. The van der Waals surface area contributed by atoms with Gasteiger partial charge in [-0.15, -0.1) is 0 Å². The number of halogens is 1. The third-order valence-corrected chi connectivity index (χ3v) is 5.12. The van der Waals surface area contributed by atoms with E-state index in [2.05, 4.69) is 15.3 Å². The molecule has 2 aromatic rings. The number of amides is 1. The van der Waals surface area contributed by atoms with Crippen LogP contribution in [0.5, 0.6) is 0 Å². The number of rotatable bonds is 5. The summed E-state index contributed by atoms with van der Waals surface area (Å²) in [4.78, 5) is 15.0. The molecule has 0 aromatic heterocycles. The Labute approximate surface area is 156 Å². The van der Waals surface area contributed by atoms with Crippen molar-refractivity contribution in [1.29, 1.82) is 0 Å². The van der Waals surface area contributed by atoms with Gasteiger partial charge in [0, 0.05) is 16.0 Å². The summed E-state index contributed by atoms with van der Waals surface area (Å²) in [5.74, 6) is 0. The van der Waals surface area contributed by atoms with Crippen LogP contribution in [0.15, 0.2) is 53.6 Å². The molecule has 0 aliphatic heterocycles. The summed E-state index contributed by atoms with van der Waals surface area (Å²) >= 11 is 6.20. The quantitative estimate of drug-likeness (QED) is 0.443. The molecule has 6 nitrogen and oxygen atoms in total. The topological polar surface area (TPSA) is 87.1 Å². The first-order valence-corrected chi connectivity index (χ1v) is 8.71. The number of azide groups is 1. The van der Waals surface area contributed by atoms with Crippen molar-refractivity contribution in [2.45, 2.75) is 38.0 Å². The van der Waals surface area contributed by atoms with Crippen LogP contribution in [-0.4, -0.2) is 12.1 Å². The number of nitrogens with one attached hydrogen (secondary N) is 1. The summed E-state index contributed by atoms with van der Waals surface area (Å²) in [5, 5.41) is 7.47. The fourth-order valence-corrected chi connectivity index (χ4v) is 3.52. The minimum atomic E-state index is -0.679.